The van der Waals surface area contributed by atoms with Crippen LogP contribution in [0.25, 0.3) is 0 Å². The highest BCUT2D eigenvalue weighted by molar-refractivity contribution is 5.94. The Bertz CT molecular complexity index is 946. The van der Waals surface area contributed by atoms with Crippen molar-refractivity contribution in [2.45, 2.75) is 31.2 Å². The number of amides is 1. The molecule has 6 nitrogen and oxygen atoms in total. The van der Waals surface area contributed by atoms with Crippen LogP contribution in [0, 0.1) is 17.5 Å². The Hall–Kier alpha value is -2.81. The summed E-state index contributed by atoms with van der Waals surface area (Å²) >= 11 is 0. The van der Waals surface area contributed by atoms with E-state index in [0.29, 0.717) is 43.7 Å². The summed E-state index contributed by atoms with van der Waals surface area (Å²) in [6.45, 7) is 1.10. The van der Waals surface area contributed by atoms with Crippen LogP contribution in [0.4, 0.5) is 24.7 Å². The molecule has 3 N–H and O–H groups in total. The number of hydrogen-bond donors (Lipinski definition) is 2. The van der Waals surface area contributed by atoms with Crippen LogP contribution in [-0.2, 0) is 11.2 Å². The lowest BCUT2D eigenvalue weighted by Crippen LogP contribution is -2.54. The second kappa shape index (κ2) is 7.55. The van der Waals surface area contributed by atoms with Gasteiger partial charge in [-0.1, -0.05) is 0 Å². The number of aromatic nitrogens is 1. The molecule has 1 saturated heterocycles. The standard InChI is InChI=1S/C20H21F3N4O2/c21-12-9-15(23)19(25-10-12)27-7-5-20(24,6-8-27)11-29-16-3-2-14(22)18-13(16)1-4-17(28)26-18/h2-3,9-10H,1,4-8,11,24H2,(H,26,28). The average Bonchev–Trinajstić information content (AvgIpc) is 2.69. The van der Waals surface area contributed by atoms with Crippen LogP contribution < -0.4 is 20.7 Å². The molecule has 1 aromatic carbocycles. The molecule has 2 aliphatic heterocycles. The van der Waals surface area contributed by atoms with Crippen LogP contribution in [0.3, 0.4) is 0 Å². The number of ether oxygens (including phenoxy) is 1. The summed E-state index contributed by atoms with van der Waals surface area (Å²) in [7, 11) is 0. The quantitative estimate of drug-likeness (QED) is 0.816. The Kier molecular flexibility index (Phi) is 5.08. The molecule has 0 spiro atoms. The Morgan fingerprint density at radius 2 is 1.93 bits per heavy atom. The van der Waals surface area contributed by atoms with Crippen molar-refractivity contribution in [3.8, 4) is 5.75 Å². The molecule has 1 aromatic heterocycles. The summed E-state index contributed by atoms with van der Waals surface area (Å²) in [5.41, 5.74) is 6.61. The first-order valence-corrected chi connectivity index (χ1v) is 9.43. The summed E-state index contributed by atoms with van der Waals surface area (Å²) in [4.78, 5) is 17.1. The van der Waals surface area contributed by atoms with Crippen molar-refractivity contribution in [1.29, 1.82) is 0 Å². The van der Waals surface area contributed by atoms with Crippen molar-refractivity contribution < 1.29 is 22.7 Å². The number of fused-ring (bicyclic) bond motifs is 1. The fraction of sp³-hybridized carbons (Fsp3) is 0.400. The van der Waals surface area contributed by atoms with E-state index < -0.39 is 23.0 Å². The number of halogens is 3. The maximum absolute atomic E-state index is 14.0. The van der Waals surface area contributed by atoms with E-state index in [1.165, 1.54) is 6.07 Å². The molecule has 0 radical (unpaired) electrons. The second-order valence-electron chi connectivity index (χ2n) is 7.54. The minimum Gasteiger partial charge on any atom is -0.491 e. The summed E-state index contributed by atoms with van der Waals surface area (Å²) in [6, 6.07) is 3.61. The van der Waals surface area contributed by atoms with E-state index >= 15 is 0 Å². The van der Waals surface area contributed by atoms with E-state index in [2.05, 4.69) is 10.3 Å². The van der Waals surface area contributed by atoms with Crippen molar-refractivity contribution in [3.05, 3.63) is 47.4 Å². The predicted octanol–water partition coefficient (Wildman–Crippen LogP) is 2.76. The SMILES string of the molecule is NC1(COc2ccc(F)c3c2CCC(=O)N3)CCN(c2ncc(F)cc2F)CC1. The lowest BCUT2D eigenvalue weighted by molar-refractivity contribution is -0.116. The maximum atomic E-state index is 14.0. The monoisotopic (exact) mass is 406 g/mol. The van der Waals surface area contributed by atoms with Gasteiger partial charge < -0.3 is 20.7 Å². The maximum Gasteiger partial charge on any atom is 0.224 e. The molecule has 0 saturated carbocycles. The number of hydrogen-bond acceptors (Lipinski definition) is 5. The van der Waals surface area contributed by atoms with Gasteiger partial charge in [0.25, 0.3) is 0 Å². The molecule has 0 unspecified atom stereocenters. The van der Waals surface area contributed by atoms with Crippen molar-refractivity contribution in [3.63, 3.8) is 0 Å². The highest BCUT2D eigenvalue weighted by Crippen LogP contribution is 2.34. The van der Waals surface area contributed by atoms with Gasteiger partial charge >= 0.3 is 0 Å². The molecule has 2 aromatic rings. The molecule has 0 aliphatic carbocycles. The number of carbonyl (C=O) groups excluding carboxylic acids is 1. The van der Waals surface area contributed by atoms with Crippen LogP contribution in [0.2, 0.25) is 0 Å². The number of nitrogens with zero attached hydrogens (tertiary/aromatic N) is 2. The van der Waals surface area contributed by atoms with Gasteiger partial charge in [-0.05, 0) is 31.4 Å². The number of anilines is 2. The zero-order valence-electron chi connectivity index (χ0n) is 15.7. The number of nitrogens with two attached hydrogens (primary N) is 1. The molecule has 3 heterocycles. The third kappa shape index (κ3) is 4.00. The van der Waals surface area contributed by atoms with Gasteiger partial charge in [0.1, 0.15) is 24.0 Å². The van der Waals surface area contributed by atoms with E-state index in [1.54, 1.807) is 11.0 Å². The van der Waals surface area contributed by atoms with Gasteiger partial charge in [-0.3, -0.25) is 4.79 Å². The zero-order chi connectivity index (χ0) is 20.6. The number of rotatable bonds is 4. The second-order valence-corrected chi connectivity index (χ2v) is 7.54. The third-order valence-corrected chi connectivity index (χ3v) is 5.45. The van der Waals surface area contributed by atoms with E-state index in [9.17, 15) is 18.0 Å². The minimum absolute atomic E-state index is 0.109. The van der Waals surface area contributed by atoms with Gasteiger partial charge in [0.15, 0.2) is 11.6 Å². The lowest BCUT2D eigenvalue weighted by atomic mass is 9.89. The Balaban J connectivity index is 1.41. The van der Waals surface area contributed by atoms with Gasteiger partial charge in [0.05, 0.1) is 17.4 Å². The third-order valence-electron chi connectivity index (χ3n) is 5.45. The van der Waals surface area contributed by atoms with E-state index in [-0.39, 0.29) is 30.4 Å². The molecule has 4 rings (SSSR count). The Morgan fingerprint density at radius 3 is 2.66 bits per heavy atom. The van der Waals surface area contributed by atoms with E-state index in [4.69, 9.17) is 10.5 Å². The Morgan fingerprint density at radius 1 is 1.17 bits per heavy atom. The number of carbonyl (C=O) groups is 1. The highest BCUT2D eigenvalue weighted by atomic mass is 19.1. The molecular formula is C20H21F3N4O2. The summed E-state index contributed by atoms with van der Waals surface area (Å²) < 4.78 is 46.9. The highest BCUT2D eigenvalue weighted by Gasteiger charge is 2.33. The van der Waals surface area contributed by atoms with Crippen LogP contribution >= 0.6 is 0 Å². The number of nitrogens with one attached hydrogen (secondary N) is 1. The van der Waals surface area contributed by atoms with Crippen molar-refractivity contribution in [2.24, 2.45) is 5.73 Å². The van der Waals surface area contributed by atoms with E-state index in [0.717, 1.165) is 12.3 Å². The topological polar surface area (TPSA) is 80.5 Å². The van der Waals surface area contributed by atoms with Gasteiger partial charge in [-0.15, -0.1) is 0 Å². The predicted molar refractivity (Wildman–Crippen MR) is 101 cm³/mol. The fourth-order valence-corrected chi connectivity index (χ4v) is 3.73. The van der Waals surface area contributed by atoms with Crippen molar-refractivity contribution >= 4 is 17.4 Å². The van der Waals surface area contributed by atoms with Gasteiger partial charge in [0.2, 0.25) is 5.91 Å². The average molecular weight is 406 g/mol. The van der Waals surface area contributed by atoms with Crippen LogP contribution in [0.1, 0.15) is 24.8 Å². The van der Waals surface area contributed by atoms with Crippen LogP contribution in [0.15, 0.2) is 24.4 Å². The number of pyridine rings is 1. The van der Waals surface area contributed by atoms with Crippen LogP contribution in [0.5, 0.6) is 5.75 Å². The van der Waals surface area contributed by atoms with Gasteiger partial charge in [0, 0.05) is 31.1 Å². The zero-order valence-corrected chi connectivity index (χ0v) is 15.7. The molecule has 9 heteroatoms. The number of benzene rings is 1. The summed E-state index contributed by atoms with van der Waals surface area (Å²) in [6.07, 6.45) is 2.69. The first kappa shape index (κ1) is 19.5. The summed E-state index contributed by atoms with van der Waals surface area (Å²) in [5.74, 6) is -1.53. The molecule has 154 valence electrons. The first-order chi connectivity index (χ1) is 13.8. The lowest BCUT2D eigenvalue weighted by Gasteiger charge is -2.39. The minimum atomic E-state index is -0.719. The molecule has 0 atom stereocenters. The number of piperidine rings is 1. The van der Waals surface area contributed by atoms with E-state index in [1.807, 2.05) is 0 Å². The molecule has 1 amide bonds. The molecule has 29 heavy (non-hydrogen) atoms. The normalized spacial score (nSPS) is 18.2. The smallest absolute Gasteiger partial charge is 0.224 e. The fourth-order valence-electron chi connectivity index (χ4n) is 3.73. The first-order valence-electron chi connectivity index (χ1n) is 9.43. The van der Waals surface area contributed by atoms with Crippen LogP contribution in [-0.4, -0.2) is 36.1 Å². The van der Waals surface area contributed by atoms with Crippen molar-refractivity contribution in [2.75, 3.05) is 29.9 Å². The molecular weight excluding hydrogens is 385 g/mol. The summed E-state index contributed by atoms with van der Waals surface area (Å²) in [5, 5.41) is 2.55. The molecule has 1 fully saturated rings. The van der Waals surface area contributed by atoms with Gasteiger partial charge in [-0.25, -0.2) is 18.2 Å². The van der Waals surface area contributed by atoms with Crippen molar-refractivity contribution in [1.82, 2.24) is 4.98 Å². The largest absolute Gasteiger partial charge is 0.491 e. The molecule has 2 aliphatic rings. The molecule has 0 bridgehead atoms. The van der Waals surface area contributed by atoms with Gasteiger partial charge in [-0.2, -0.15) is 0 Å². The Labute approximate surface area is 165 Å².